The average molecular weight is 216 g/mol. The highest BCUT2D eigenvalue weighted by atomic mass is 35.5. The maximum Gasteiger partial charge on any atom is 0.409 e. The lowest BCUT2D eigenvalue weighted by Gasteiger charge is -2.09. The van der Waals surface area contributed by atoms with Crippen LogP contribution in [0.4, 0.5) is 10.5 Å². The number of benzene rings is 1. The van der Waals surface area contributed by atoms with Gasteiger partial charge in [0.25, 0.3) is 0 Å². The molecule has 1 aromatic rings. The van der Waals surface area contributed by atoms with Crippen LogP contribution in [0.2, 0.25) is 5.02 Å². The Morgan fingerprint density at radius 1 is 1.64 bits per heavy atom. The van der Waals surface area contributed by atoms with E-state index in [0.29, 0.717) is 23.1 Å². The van der Waals surface area contributed by atoms with Crippen LogP contribution < -0.4 is 10.1 Å². The second-order valence-electron chi connectivity index (χ2n) is 2.50. The van der Waals surface area contributed by atoms with Gasteiger partial charge in [-0.25, -0.2) is 4.79 Å². The van der Waals surface area contributed by atoms with Crippen LogP contribution in [0.3, 0.4) is 0 Å². The first-order valence-corrected chi connectivity index (χ1v) is 4.43. The number of halogens is 1. The van der Waals surface area contributed by atoms with Crippen LogP contribution in [0.15, 0.2) is 18.2 Å². The Kier molecular flexibility index (Phi) is 3.59. The van der Waals surface area contributed by atoms with Crippen molar-refractivity contribution in [2.45, 2.75) is 6.92 Å². The van der Waals surface area contributed by atoms with Crippen LogP contribution >= 0.6 is 11.6 Å². The minimum atomic E-state index is -1.15. The molecule has 5 heteroatoms. The molecular weight excluding hydrogens is 206 g/mol. The van der Waals surface area contributed by atoms with Crippen molar-refractivity contribution in [3.63, 3.8) is 0 Å². The summed E-state index contributed by atoms with van der Waals surface area (Å²) in [5, 5.41) is 11.2. The van der Waals surface area contributed by atoms with Gasteiger partial charge in [0.05, 0.1) is 12.3 Å². The summed E-state index contributed by atoms with van der Waals surface area (Å²) in [6.45, 7) is 2.29. The van der Waals surface area contributed by atoms with Gasteiger partial charge in [-0.3, -0.25) is 5.32 Å². The van der Waals surface area contributed by atoms with Crippen molar-refractivity contribution < 1.29 is 14.6 Å². The van der Waals surface area contributed by atoms with Crippen molar-refractivity contribution in [1.29, 1.82) is 0 Å². The Bertz CT molecular complexity index is 341. The first kappa shape index (κ1) is 10.7. The largest absolute Gasteiger partial charge is 0.492 e. The number of amides is 1. The van der Waals surface area contributed by atoms with Crippen molar-refractivity contribution in [1.82, 2.24) is 0 Å². The molecule has 0 unspecified atom stereocenters. The number of anilines is 1. The van der Waals surface area contributed by atoms with Crippen LogP contribution in [0.5, 0.6) is 5.75 Å². The van der Waals surface area contributed by atoms with Crippen LogP contribution in [0.25, 0.3) is 0 Å². The average Bonchev–Trinajstić information content (AvgIpc) is 2.09. The predicted octanol–water partition coefficient (Wildman–Crippen LogP) is 2.83. The summed E-state index contributed by atoms with van der Waals surface area (Å²) in [7, 11) is 0. The molecule has 14 heavy (non-hydrogen) atoms. The van der Waals surface area contributed by atoms with Crippen molar-refractivity contribution in [2.75, 3.05) is 11.9 Å². The number of rotatable bonds is 3. The standard InChI is InChI=1S/C9H10ClNO3/c1-2-14-8-4-3-6(10)5-7(8)11-9(12)13/h3-5,11H,2H2,1H3,(H,12,13). The molecule has 0 aromatic heterocycles. The van der Waals surface area contributed by atoms with E-state index in [1.54, 1.807) is 12.1 Å². The third-order valence-electron chi connectivity index (χ3n) is 1.48. The molecule has 0 heterocycles. The van der Waals surface area contributed by atoms with Crippen LogP contribution in [0.1, 0.15) is 6.92 Å². The van der Waals surface area contributed by atoms with E-state index in [0.717, 1.165) is 0 Å². The summed E-state index contributed by atoms with van der Waals surface area (Å²) in [5.74, 6) is 0.472. The van der Waals surface area contributed by atoms with E-state index in [2.05, 4.69) is 5.32 Å². The Morgan fingerprint density at radius 3 is 2.93 bits per heavy atom. The molecule has 1 rings (SSSR count). The van der Waals surface area contributed by atoms with Gasteiger partial charge in [0.2, 0.25) is 0 Å². The minimum absolute atomic E-state index is 0.354. The lowest BCUT2D eigenvalue weighted by molar-refractivity contribution is 0.209. The molecule has 76 valence electrons. The molecule has 2 N–H and O–H groups in total. The molecule has 0 fully saturated rings. The van der Waals surface area contributed by atoms with Gasteiger partial charge in [-0.2, -0.15) is 0 Å². The molecular formula is C9H10ClNO3. The summed E-state index contributed by atoms with van der Waals surface area (Å²) < 4.78 is 5.21. The van der Waals surface area contributed by atoms with Gasteiger partial charge in [-0.15, -0.1) is 0 Å². The molecule has 0 spiro atoms. The summed E-state index contributed by atoms with van der Waals surface area (Å²) in [6, 6.07) is 4.76. The number of hydrogen-bond donors (Lipinski definition) is 2. The fourth-order valence-corrected chi connectivity index (χ4v) is 1.17. The van der Waals surface area contributed by atoms with Crippen LogP contribution in [0, 0.1) is 0 Å². The second kappa shape index (κ2) is 4.72. The third kappa shape index (κ3) is 2.81. The predicted molar refractivity (Wildman–Crippen MR) is 54.3 cm³/mol. The molecule has 1 aromatic carbocycles. The number of ether oxygens (including phenoxy) is 1. The Labute approximate surface area is 86.4 Å². The fraction of sp³-hybridized carbons (Fsp3) is 0.222. The highest BCUT2D eigenvalue weighted by molar-refractivity contribution is 6.31. The van der Waals surface area contributed by atoms with E-state index in [4.69, 9.17) is 21.4 Å². The monoisotopic (exact) mass is 215 g/mol. The Hall–Kier alpha value is -1.42. The van der Waals surface area contributed by atoms with Crippen LogP contribution in [-0.4, -0.2) is 17.8 Å². The van der Waals surface area contributed by atoms with E-state index < -0.39 is 6.09 Å². The van der Waals surface area contributed by atoms with Gasteiger partial charge < -0.3 is 9.84 Å². The zero-order valence-corrected chi connectivity index (χ0v) is 8.34. The van der Waals surface area contributed by atoms with Crippen molar-refractivity contribution >= 4 is 23.4 Å². The summed E-state index contributed by atoms with van der Waals surface area (Å²) in [5.41, 5.74) is 0.354. The molecule has 0 aliphatic heterocycles. The zero-order valence-electron chi connectivity index (χ0n) is 7.58. The molecule has 1 amide bonds. The maximum atomic E-state index is 10.4. The number of carboxylic acid groups (broad SMARTS) is 1. The van der Waals surface area contributed by atoms with E-state index in [1.165, 1.54) is 6.07 Å². The van der Waals surface area contributed by atoms with E-state index in [-0.39, 0.29) is 0 Å². The summed E-state index contributed by atoms with van der Waals surface area (Å²) >= 11 is 5.71. The fourth-order valence-electron chi connectivity index (χ4n) is 0.996. The molecule has 0 aliphatic carbocycles. The van der Waals surface area contributed by atoms with Gasteiger partial charge in [0.15, 0.2) is 0 Å². The van der Waals surface area contributed by atoms with Crippen molar-refractivity contribution in [2.24, 2.45) is 0 Å². The van der Waals surface area contributed by atoms with Gasteiger partial charge in [-0.1, -0.05) is 11.6 Å². The lowest BCUT2D eigenvalue weighted by Crippen LogP contribution is -2.08. The molecule has 0 saturated carbocycles. The molecule has 0 aliphatic rings. The van der Waals surface area contributed by atoms with Crippen molar-refractivity contribution in [3.8, 4) is 5.75 Å². The highest BCUT2D eigenvalue weighted by Crippen LogP contribution is 2.27. The quantitative estimate of drug-likeness (QED) is 0.815. The van der Waals surface area contributed by atoms with Crippen LogP contribution in [-0.2, 0) is 0 Å². The Balaban J connectivity index is 2.96. The molecule has 0 saturated heterocycles. The minimum Gasteiger partial charge on any atom is -0.492 e. The molecule has 0 atom stereocenters. The first-order chi connectivity index (χ1) is 6.63. The van der Waals surface area contributed by atoms with Crippen molar-refractivity contribution in [3.05, 3.63) is 23.2 Å². The summed E-state index contributed by atoms with van der Waals surface area (Å²) in [4.78, 5) is 10.4. The normalized spacial score (nSPS) is 9.57. The smallest absolute Gasteiger partial charge is 0.409 e. The molecule has 0 radical (unpaired) electrons. The second-order valence-corrected chi connectivity index (χ2v) is 2.94. The number of carbonyl (C=O) groups is 1. The maximum absolute atomic E-state index is 10.4. The topological polar surface area (TPSA) is 58.6 Å². The highest BCUT2D eigenvalue weighted by Gasteiger charge is 2.06. The SMILES string of the molecule is CCOc1ccc(Cl)cc1NC(=O)O. The molecule has 4 nitrogen and oxygen atoms in total. The number of hydrogen-bond acceptors (Lipinski definition) is 2. The van der Waals surface area contributed by atoms with Gasteiger partial charge in [-0.05, 0) is 25.1 Å². The Morgan fingerprint density at radius 2 is 2.36 bits per heavy atom. The van der Waals surface area contributed by atoms with E-state index in [1.807, 2.05) is 6.92 Å². The van der Waals surface area contributed by atoms with Gasteiger partial charge >= 0.3 is 6.09 Å². The van der Waals surface area contributed by atoms with Gasteiger partial charge in [0.1, 0.15) is 5.75 Å². The molecule has 0 bridgehead atoms. The number of nitrogens with one attached hydrogen (secondary N) is 1. The first-order valence-electron chi connectivity index (χ1n) is 4.05. The zero-order chi connectivity index (χ0) is 10.6. The van der Waals surface area contributed by atoms with E-state index in [9.17, 15) is 4.79 Å². The van der Waals surface area contributed by atoms with Gasteiger partial charge in [0, 0.05) is 5.02 Å². The van der Waals surface area contributed by atoms with E-state index >= 15 is 0 Å². The summed E-state index contributed by atoms with van der Waals surface area (Å²) in [6.07, 6.45) is -1.15. The third-order valence-corrected chi connectivity index (χ3v) is 1.72. The lowest BCUT2D eigenvalue weighted by atomic mass is 10.3.